The van der Waals surface area contributed by atoms with Gasteiger partial charge >= 0.3 is 0 Å². The zero-order valence-electron chi connectivity index (χ0n) is 40.1. The highest BCUT2D eigenvalue weighted by molar-refractivity contribution is 5.76. The molecule has 12 N–H and O–H groups in total. The van der Waals surface area contributed by atoms with Crippen molar-refractivity contribution in [1.29, 1.82) is 0 Å². The zero-order chi connectivity index (χ0) is 49.1. The molecule has 19 nitrogen and oxygen atoms in total. The van der Waals surface area contributed by atoms with Crippen LogP contribution >= 0.6 is 0 Å². The first-order valence-electron chi connectivity index (χ1n) is 25.4. The molecule has 17 unspecified atom stereocenters. The standard InChI is InChI=1S/C48H89NO18/c1-3-5-7-9-10-11-12-13-14-15-16-17-18-19-20-21-22-24-26-36(54)49-31(32(53)25-23-8-6-4-2)30-62-46-42(60)39(57)44(34(28-51)64-46)67-48-43(61)40(58)45(35(29-52)65-48)66-47-41(59)38(56)37(55)33(27-50)63-47/h14-15,31-35,37-48,50-53,55-61H,3-13,16-30H2,1-2H3,(H,49,54)/b15-14-. The number of aliphatic hydroxyl groups excluding tert-OH is 11. The van der Waals surface area contributed by atoms with Gasteiger partial charge in [0.05, 0.1) is 38.6 Å². The van der Waals surface area contributed by atoms with Crippen LogP contribution in [0.5, 0.6) is 0 Å². The lowest BCUT2D eigenvalue weighted by Gasteiger charge is -2.48. The number of rotatable bonds is 35. The van der Waals surface area contributed by atoms with Gasteiger partial charge in [-0.15, -0.1) is 0 Å². The first kappa shape index (κ1) is 59.8. The molecule has 17 atom stereocenters. The van der Waals surface area contributed by atoms with Crippen molar-refractivity contribution in [1.82, 2.24) is 5.32 Å². The van der Waals surface area contributed by atoms with Gasteiger partial charge in [-0.3, -0.25) is 4.79 Å². The van der Waals surface area contributed by atoms with E-state index in [0.29, 0.717) is 19.3 Å². The van der Waals surface area contributed by atoms with Crippen LogP contribution < -0.4 is 5.32 Å². The number of amides is 1. The fraction of sp³-hybridized carbons (Fsp3) is 0.938. The van der Waals surface area contributed by atoms with Crippen LogP contribution in [-0.4, -0.2) is 193 Å². The lowest BCUT2D eigenvalue weighted by atomic mass is 9.96. The van der Waals surface area contributed by atoms with Crippen LogP contribution in [0.3, 0.4) is 0 Å². The van der Waals surface area contributed by atoms with E-state index in [1.54, 1.807) is 0 Å². The normalized spacial score (nSPS) is 33.5. The molecule has 0 spiro atoms. The summed E-state index contributed by atoms with van der Waals surface area (Å²) in [7, 11) is 0. The Bertz CT molecular complexity index is 1300. The number of hydrogen-bond donors (Lipinski definition) is 12. The van der Waals surface area contributed by atoms with Crippen LogP contribution in [0.15, 0.2) is 12.2 Å². The third-order valence-corrected chi connectivity index (χ3v) is 13.1. The van der Waals surface area contributed by atoms with Gasteiger partial charge < -0.3 is 89.9 Å². The third kappa shape index (κ3) is 20.3. The molecular formula is C48H89NO18. The smallest absolute Gasteiger partial charge is 0.220 e. The van der Waals surface area contributed by atoms with Crippen molar-refractivity contribution < 1.29 is 89.4 Å². The fourth-order valence-corrected chi connectivity index (χ4v) is 8.78. The maximum absolute atomic E-state index is 13.1. The van der Waals surface area contributed by atoms with Crippen LogP contribution in [-0.2, 0) is 33.2 Å². The van der Waals surface area contributed by atoms with Gasteiger partial charge in [0, 0.05) is 6.42 Å². The second-order valence-corrected chi connectivity index (χ2v) is 18.6. The van der Waals surface area contributed by atoms with Gasteiger partial charge in [-0.2, -0.15) is 0 Å². The molecule has 3 heterocycles. The molecule has 19 heteroatoms. The molecule has 0 aromatic rings. The maximum Gasteiger partial charge on any atom is 0.220 e. The quantitative estimate of drug-likeness (QED) is 0.0316. The predicted molar refractivity (Wildman–Crippen MR) is 245 cm³/mol. The van der Waals surface area contributed by atoms with Gasteiger partial charge in [0.1, 0.15) is 73.2 Å². The van der Waals surface area contributed by atoms with E-state index in [4.69, 9.17) is 28.4 Å². The Morgan fingerprint density at radius 2 is 0.940 bits per heavy atom. The van der Waals surface area contributed by atoms with Crippen molar-refractivity contribution in [3.05, 3.63) is 12.2 Å². The molecule has 3 aliphatic heterocycles. The van der Waals surface area contributed by atoms with E-state index in [9.17, 15) is 61.0 Å². The molecule has 0 saturated carbocycles. The average Bonchev–Trinajstić information content (AvgIpc) is 3.32. The highest BCUT2D eigenvalue weighted by Crippen LogP contribution is 2.33. The molecule has 3 saturated heterocycles. The lowest BCUT2D eigenvalue weighted by Crippen LogP contribution is -2.66. The molecule has 3 aliphatic rings. The van der Waals surface area contributed by atoms with E-state index in [1.165, 1.54) is 64.2 Å². The van der Waals surface area contributed by atoms with Crippen LogP contribution in [0, 0.1) is 0 Å². The Morgan fingerprint density at radius 3 is 1.45 bits per heavy atom. The lowest BCUT2D eigenvalue weighted by molar-refractivity contribution is -0.379. The molecule has 3 rings (SSSR count). The topological polar surface area (TPSA) is 307 Å². The summed E-state index contributed by atoms with van der Waals surface area (Å²) in [6, 6.07) is -0.881. The van der Waals surface area contributed by atoms with Gasteiger partial charge in [0.25, 0.3) is 0 Å². The highest BCUT2D eigenvalue weighted by atomic mass is 16.8. The second-order valence-electron chi connectivity index (χ2n) is 18.6. The minimum atomic E-state index is -1.97. The summed E-state index contributed by atoms with van der Waals surface area (Å²) >= 11 is 0. The Morgan fingerprint density at radius 1 is 0.522 bits per heavy atom. The fourth-order valence-electron chi connectivity index (χ4n) is 8.78. The number of unbranched alkanes of at least 4 members (excludes halogenated alkanes) is 17. The first-order chi connectivity index (χ1) is 32.3. The van der Waals surface area contributed by atoms with Crippen molar-refractivity contribution >= 4 is 5.91 Å². The van der Waals surface area contributed by atoms with Crippen molar-refractivity contribution in [2.45, 2.75) is 259 Å². The van der Waals surface area contributed by atoms with Crippen molar-refractivity contribution in [3.63, 3.8) is 0 Å². The van der Waals surface area contributed by atoms with Crippen molar-refractivity contribution in [2.24, 2.45) is 0 Å². The van der Waals surface area contributed by atoms with Gasteiger partial charge in [-0.1, -0.05) is 122 Å². The van der Waals surface area contributed by atoms with Gasteiger partial charge in [0.2, 0.25) is 5.91 Å². The minimum absolute atomic E-state index is 0.258. The van der Waals surface area contributed by atoms with E-state index >= 15 is 0 Å². The largest absolute Gasteiger partial charge is 0.394 e. The highest BCUT2D eigenvalue weighted by Gasteiger charge is 2.53. The summed E-state index contributed by atoms with van der Waals surface area (Å²) in [4.78, 5) is 13.1. The summed E-state index contributed by atoms with van der Waals surface area (Å²) in [6.45, 7) is 1.61. The van der Waals surface area contributed by atoms with Crippen LogP contribution in [0.2, 0.25) is 0 Å². The molecule has 394 valence electrons. The van der Waals surface area contributed by atoms with Crippen molar-refractivity contribution in [2.75, 3.05) is 26.4 Å². The van der Waals surface area contributed by atoms with Crippen LogP contribution in [0.1, 0.15) is 155 Å². The summed E-state index contributed by atoms with van der Waals surface area (Å²) in [6.07, 6.45) is 1.25. The molecule has 0 radical (unpaired) electrons. The summed E-state index contributed by atoms with van der Waals surface area (Å²) in [5.41, 5.74) is 0. The first-order valence-corrected chi connectivity index (χ1v) is 25.4. The van der Waals surface area contributed by atoms with Crippen LogP contribution in [0.4, 0.5) is 0 Å². The molecule has 0 aromatic carbocycles. The molecule has 3 fully saturated rings. The minimum Gasteiger partial charge on any atom is -0.394 e. The Hall–Kier alpha value is -1.47. The van der Waals surface area contributed by atoms with E-state index < -0.39 is 124 Å². The van der Waals surface area contributed by atoms with E-state index in [2.05, 4.69) is 31.3 Å². The number of hydrogen-bond acceptors (Lipinski definition) is 18. The van der Waals surface area contributed by atoms with Gasteiger partial charge in [-0.25, -0.2) is 0 Å². The molecule has 1 amide bonds. The number of ether oxygens (including phenoxy) is 6. The maximum atomic E-state index is 13.1. The van der Waals surface area contributed by atoms with Crippen LogP contribution in [0.25, 0.3) is 0 Å². The van der Waals surface area contributed by atoms with Gasteiger partial charge in [0.15, 0.2) is 18.9 Å². The third-order valence-electron chi connectivity index (χ3n) is 13.1. The average molecular weight is 968 g/mol. The van der Waals surface area contributed by atoms with E-state index in [-0.39, 0.29) is 18.9 Å². The van der Waals surface area contributed by atoms with Crippen molar-refractivity contribution in [3.8, 4) is 0 Å². The monoisotopic (exact) mass is 968 g/mol. The Labute approximate surface area is 397 Å². The zero-order valence-corrected chi connectivity index (χ0v) is 40.1. The molecule has 0 aromatic heterocycles. The number of carbonyl (C=O) groups is 1. The number of allylic oxidation sites excluding steroid dienone is 2. The van der Waals surface area contributed by atoms with E-state index in [1.807, 2.05) is 0 Å². The summed E-state index contributed by atoms with van der Waals surface area (Å²) in [5.74, 6) is -0.258. The number of nitrogens with one attached hydrogen (secondary N) is 1. The summed E-state index contributed by atoms with van der Waals surface area (Å²) in [5, 5.41) is 119. The van der Waals surface area contributed by atoms with E-state index in [0.717, 1.165) is 51.4 Å². The molecular weight excluding hydrogens is 879 g/mol. The Kier molecular flexibility index (Phi) is 30.4. The molecule has 0 bridgehead atoms. The SMILES string of the molecule is CCCCCCCCC/C=C\CCCCCCCCCC(=O)NC(COC1OC(CO)C(OC2OC(CO)C(OC3OC(CO)C(O)C(O)C3O)C(O)C2O)C(O)C1O)C(O)CCCCCC. The number of aliphatic hydroxyl groups is 11. The number of carbonyl (C=O) groups excluding carboxylic acids is 1. The Balaban J connectivity index is 1.46. The second kappa shape index (κ2) is 34.0. The summed E-state index contributed by atoms with van der Waals surface area (Å²) < 4.78 is 34.0. The van der Waals surface area contributed by atoms with Gasteiger partial charge in [-0.05, 0) is 38.5 Å². The predicted octanol–water partition coefficient (Wildman–Crippen LogP) is 1.48. The molecule has 0 aliphatic carbocycles. The molecule has 67 heavy (non-hydrogen) atoms.